The van der Waals surface area contributed by atoms with Crippen LogP contribution in [0.25, 0.3) is 0 Å². The Labute approximate surface area is 123 Å². The number of nitrogens with zero attached hydrogens (tertiary/aromatic N) is 2. The second kappa shape index (κ2) is 6.69. The molecule has 110 valence electrons. The van der Waals surface area contributed by atoms with Crippen LogP contribution in [0.5, 0.6) is 0 Å². The molecule has 6 nitrogen and oxygen atoms in total. The number of esters is 1. The van der Waals surface area contributed by atoms with Gasteiger partial charge in [0.25, 0.3) is 0 Å². The zero-order chi connectivity index (χ0) is 15.2. The molecule has 0 aliphatic rings. The van der Waals surface area contributed by atoms with Crippen molar-refractivity contribution < 1.29 is 9.53 Å². The zero-order valence-corrected chi connectivity index (χ0v) is 12.0. The molecule has 1 unspecified atom stereocenters. The number of hydrogen-bond acceptors (Lipinski definition) is 6. The summed E-state index contributed by atoms with van der Waals surface area (Å²) in [6.07, 6.45) is 0.661. The second-order valence-corrected chi connectivity index (χ2v) is 4.46. The van der Waals surface area contributed by atoms with E-state index in [0.717, 1.165) is 5.56 Å². The van der Waals surface area contributed by atoms with Crippen molar-refractivity contribution in [1.29, 1.82) is 0 Å². The molecule has 0 spiro atoms. The van der Waals surface area contributed by atoms with Crippen molar-refractivity contribution in [3.8, 4) is 0 Å². The predicted octanol–water partition coefficient (Wildman–Crippen LogP) is 1.95. The molecule has 6 heteroatoms. The Kier molecular flexibility index (Phi) is 4.71. The van der Waals surface area contributed by atoms with Gasteiger partial charge in [0.15, 0.2) is 6.04 Å². The van der Waals surface area contributed by atoms with Crippen LogP contribution >= 0.6 is 0 Å². The van der Waals surface area contributed by atoms with Gasteiger partial charge in [0.2, 0.25) is 0 Å². The van der Waals surface area contributed by atoms with E-state index in [0.29, 0.717) is 23.9 Å². The third-order valence-electron chi connectivity index (χ3n) is 2.97. The van der Waals surface area contributed by atoms with Gasteiger partial charge in [0.1, 0.15) is 17.5 Å². The summed E-state index contributed by atoms with van der Waals surface area (Å²) in [6.45, 7) is 1.94. The summed E-state index contributed by atoms with van der Waals surface area (Å²) >= 11 is 0. The van der Waals surface area contributed by atoms with Crippen molar-refractivity contribution in [1.82, 2.24) is 9.97 Å². The third kappa shape index (κ3) is 3.68. The predicted molar refractivity (Wildman–Crippen MR) is 80.6 cm³/mol. The Morgan fingerprint density at radius 1 is 1.33 bits per heavy atom. The van der Waals surface area contributed by atoms with Crippen molar-refractivity contribution in [2.45, 2.75) is 19.4 Å². The molecular weight excluding hydrogens is 268 g/mol. The van der Waals surface area contributed by atoms with E-state index < -0.39 is 12.0 Å². The number of nitrogens with two attached hydrogens (primary N) is 1. The quantitative estimate of drug-likeness (QED) is 0.816. The van der Waals surface area contributed by atoms with E-state index in [1.54, 1.807) is 6.07 Å². The Balaban J connectivity index is 2.31. The fourth-order valence-corrected chi connectivity index (χ4v) is 1.94. The van der Waals surface area contributed by atoms with Crippen molar-refractivity contribution >= 4 is 17.6 Å². The van der Waals surface area contributed by atoms with Crippen molar-refractivity contribution in [2.75, 3.05) is 18.2 Å². The van der Waals surface area contributed by atoms with Gasteiger partial charge in [-0.15, -0.1) is 0 Å². The number of benzene rings is 1. The van der Waals surface area contributed by atoms with E-state index in [1.807, 2.05) is 37.3 Å². The van der Waals surface area contributed by atoms with E-state index in [9.17, 15) is 4.79 Å². The largest absolute Gasteiger partial charge is 0.467 e. The number of methoxy groups -OCH3 is 1. The van der Waals surface area contributed by atoms with E-state index in [4.69, 9.17) is 10.5 Å². The maximum atomic E-state index is 12.0. The van der Waals surface area contributed by atoms with Crippen LogP contribution in [0.2, 0.25) is 0 Å². The number of carbonyl (C=O) groups is 1. The fraction of sp³-hybridized carbons (Fsp3) is 0.267. The van der Waals surface area contributed by atoms with Crippen LogP contribution in [-0.4, -0.2) is 23.0 Å². The van der Waals surface area contributed by atoms with E-state index >= 15 is 0 Å². The molecule has 1 aromatic heterocycles. The monoisotopic (exact) mass is 286 g/mol. The molecule has 2 rings (SSSR count). The molecule has 21 heavy (non-hydrogen) atoms. The van der Waals surface area contributed by atoms with Crippen LogP contribution in [0.15, 0.2) is 36.4 Å². The summed E-state index contributed by atoms with van der Waals surface area (Å²) in [5.74, 6) is 1.09. The molecule has 0 amide bonds. The summed E-state index contributed by atoms with van der Waals surface area (Å²) in [7, 11) is 1.35. The van der Waals surface area contributed by atoms with Crippen molar-refractivity contribution in [2.24, 2.45) is 0 Å². The lowest BCUT2D eigenvalue weighted by molar-refractivity contribution is -0.141. The van der Waals surface area contributed by atoms with E-state index in [-0.39, 0.29) is 0 Å². The molecule has 0 saturated carbocycles. The first-order valence-electron chi connectivity index (χ1n) is 6.66. The lowest BCUT2D eigenvalue weighted by Crippen LogP contribution is -2.23. The molecule has 1 heterocycles. The summed E-state index contributed by atoms with van der Waals surface area (Å²) < 4.78 is 4.85. The molecule has 1 atom stereocenters. The maximum absolute atomic E-state index is 12.0. The smallest absolute Gasteiger partial charge is 0.333 e. The first-order valence-corrected chi connectivity index (χ1v) is 6.66. The molecular formula is C15H18N4O2. The highest BCUT2D eigenvalue weighted by Crippen LogP contribution is 2.20. The Morgan fingerprint density at radius 3 is 2.67 bits per heavy atom. The number of hydrogen-bond donors (Lipinski definition) is 2. The zero-order valence-electron chi connectivity index (χ0n) is 12.0. The highest BCUT2D eigenvalue weighted by Gasteiger charge is 2.21. The minimum Gasteiger partial charge on any atom is -0.467 e. The number of rotatable bonds is 5. The van der Waals surface area contributed by atoms with Crippen LogP contribution in [0.4, 0.5) is 11.6 Å². The van der Waals surface area contributed by atoms with Gasteiger partial charge in [-0.1, -0.05) is 37.3 Å². The molecule has 0 radical (unpaired) electrons. The number of carbonyl (C=O) groups excluding carboxylic acids is 1. The normalized spacial score (nSPS) is 11.7. The first-order chi connectivity index (χ1) is 10.1. The highest BCUT2D eigenvalue weighted by atomic mass is 16.5. The Bertz CT molecular complexity index is 616. The molecule has 0 saturated heterocycles. The number of ether oxygens (including phenoxy) is 1. The number of nitrogen functional groups attached to an aromatic ring is 1. The highest BCUT2D eigenvalue weighted by molar-refractivity contribution is 5.80. The summed E-state index contributed by atoms with van der Waals surface area (Å²) in [4.78, 5) is 20.4. The number of nitrogens with one attached hydrogen (secondary N) is 1. The summed E-state index contributed by atoms with van der Waals surface area (Å²) in [5.41, 5.74) is 6.54. The van der Waals surface area contributed by atoms with Crippen LogP contribution < -0.4 is 11.1 Å². The Hall–Kier alpha value is -2.63. The van der Waals surface area contributed by atoms with Gasteiger partial charge < -0.3 is 15.8 Å². The molecule has 0 aliphatic heterocycles. The standard InChI is InChI=1S/C15H18N4O2/c1-3-12-17-11(16)9-13(18-12)19-14(15(20)21-2)10-7-5-4-6-8-10/h4-9,14H,3H2,1-2H3,(H3,16,17,18,19). The second-order valence-electron chi connectivity index (χ2n) is 4.46. The van der Waals surface area contributed by atoms with Crippen LogP contribution in [0, 0.1) is 0 Å². The van der Waals surface area contributed by atoms with Gasteiger partial charge in [0, 0.05) is 12.5 Å². The van der Waals surface area contributed by atoms with Crippen LogP contribution in [0.1, 0.15) is 24.4 Å². The number of anilines is 2. The first kappa shape index (κ1) is 14.8. The Morgan fingerprint density at radius 2 is 2.05 bits per heavy atom. The average molecular weight is 286 g/mol. The molecule has 0 bridgehead atoms. The average Bonchev–Trinajstić information content (AvgIpc) is 2.52. The van der Waals surface area contributed by atoms with Gasteiger partial charge in [-0.2, -0.15) is 0 Å². The molecule has 0 aliphatic carbocycles. The van der Waals surface area contributed by atoms with Gasteiger partial charge in [-0.25, -0.2) is 14.8 Å². The van der Waals surface area contributed by atoms with Crippen LogP contribution in [0.3, 0.4) is 0 Å². The van der Waals surface area contributed by atoms with Gasteiger partial charge in [-0.05, 0) is 5.56 Å². The minimum atomic E-state index is -0.643. The van der Waals surface area contributed by atoms with Crippen molar-refractivity contribution in [3.63, 3.8) is 0 Å². The molecule has 2 aromatic rings. The van der Waals surface area contributed by atoms with Crippen molar-refractivity contribution in [3.05, 3.63) is 47.8 Å². The summed E-state index contributed by atoms with van der Waals surface area (Å²) in [6, 6.07) is 10.3. The minimum absolute atomic E-state index is 0.362. The van der Waals surface area contributed by atoms with Gasteiger partial charge >= 0.3 is 5.97 Å². The lowest BCUT2D eigenvalue weighted by atomic mass is 10.1. The SMILES string of the molecule is CCc1nc(N)cc(NC(C(=O)OC)c2ccccc2)n1. The maximum Gasteiger partial charge on any atom is 0.333 e. The fourth-order valence-electron chi connectivity index (χ4n) is 1.94. The van der Waals surface area contributed by atoms with Gasteiger partial charge in [0.05, 0.1) is 7.11 Å². The third-order valence-corrected chi connectivity index (χ3v) is 2.97. The molecule has 3 N–H and O–H groups in total. The number of aryl methyl sites for hydroxylation is 1. The van der Waals surface area contributed by atoms with Crippen LogP contribution in [-0.2, 0) is 16.0 Å². The topological polar surface area (TPSA) is 90.1 Å². The number of aromatic nitrogens is 2. The molecule has 0 fully saturated rings. The van der Waals surface area contributed by atoms with E-state index in [2.05, 4.69) is 15.3 Å². The molecule has 1 aromatic carbocycles. The van der Waals surface area contributed by atoms with E-state index in [1.165, 1.54) is 7.11 Å². The van der Waals surface area contributed by atoms with Gasteiger partial charge in [-0.3, -0.25) is 0 Å². The lowest BCUT2D eigenvalue weighted by Gasteiger charge is -2.18. The summed E-state index contributed by atoms with van der Waals surface area (Å²) in [5, 5.41) is 3.06.